The highest BCUT2D eigenvalue weighted by molar-refractivity contribution is 5.55. The van der Waals surface area contributed by atoms with E-state index < -0.39 is 0 Å². The quantitative estimate of drug-likeness (QED) is 0.720. The van der Waals surface area contributed by atoms with Gasteiger partial charge in [0.15, 0.2) is 0 Å². The minimum Gasteiger partial charge on any atom is -0.383 e. The van der Waals surface area contributed by atoms with Crippen LogP contribution in [0.15, 0.2) is 18.2 Å². The van der Waals surface area contributed by atoms with Crippen molar-refractivity contribution < 1.29 is 13.9 Å². The highest BCUT2D eigenvalue weighted by Gasteiger charge is 2.16. The van der Waals surface area contributed by atoms with Crippen LogP contribution in [0.3, 0.4) is 0 Å². The lowest BCUT2D eigenvalue weighted by Crippen LogP contribution is -2.32. The molecule has 0 saturated carbocycles. The van der Waals surface area contributed by atoms with E-state index in [1.165, 1.54) is 6.07 Å². The number of nitrogens with one attached hydrogen (secondary N) is 1. The van der Waals surface area contributed by atoms with Crippen LogP contribution in [0, 0.1) is 5.82 Å². The second kappa shape index (κ2) is 9.71. The Balaban J connectivity index is 3.03. The maximum Gasteiger partial charge on any atom is 0.123 e. The lowest BCUT2D eigenvalue weighted by molar-refractivity contribution is 0.190. The summed E-state index contributed by atoms with van der Waals surface area (Å²) in [5.74, 6) is -0.211. The second-order valence-corrected chi connectivity index (χ2v) is 4.96. The van der Waals surface area contributed by atoms with Crippen LogP contribution in [-0.2, 0) is 9.47 Å². The molecule has 1 aromatic rings. The fraction of sp³-hybridized carbons (Fsp3) is 0.625. The van der Waals surface area contributed by atoms with E-state index in [-0.39, 0.29) is 11.9 Å². The molecular weight excluding hydrogens is 271 g/mol. The molecule has 0 radical (unpaired) electrons. The summed E-state index contributed by atoms with van der Waals surface area (Å²) in [6.07, 6.45) is 0. The van der Waals surface area contributed by atoms with E-state index in [4.69, 9.17) is 9.47 Å². The van der Waals surface area contributed by atoms with Crippen molar-refractivity contribution in [2.24, 2.45) is 0 Å². The molecule has 1 unspecified atom stereocenters. The molecule has 0 spiro atoms. The lowest BCUT2D eigenvalue weighted by atomic mass is 10.0. The Morgan fingerprint density at radius 3 is 2.33 bits per heavy atom. The number of halogens is 1. The van der Waals surface area contributed by atoms with Crippen LogP contribution in [0.2, 0.25) is 0 Å². The van der Waals surface area contributed by atoms with Gasteiger partial charge in [-0.3, -0.25) is 0 Å². The zero-order valence-electron chi connectivity index (χ0n) is 13.5. The number of hydrogen-bond donors (Lipinski definition) is 1. The molecule has 0 aromatic heterocycles. The van der Waals surface area contributed by atoms with E-state index in [2.05, 4.69) is 10.2 Å². The topological polar surface area (TPSA) is 33.7 Å². The number of ether oxygens (including phenoxy) is 2. The maximum atomic E-state index is 13.6. The van der Waals surface area contributed by atoms with Gasteiger partial charge in [-0.15, -0.1) is 0 Å². The second-order valence-electron chi connectivity index (χ2n) is 4.96. The van der Waals surface area contributed by atoms with Crippen LogP contribution < -0.4 is 10.2 Å². The van der Waals surface area contributed by atoms with E-state index in [0.717, 1.165) is 30.9 Å². The first kappa shape index (κ1) is 17.9. The molecule has 0 saturated heterocycles. The minimum absolute atomic E-state index is 0.0910. The molecule has 0 fully saturated rings. The fourth-order valence-corrected chi connectivity index (χ4v) is 2.33. The number of rotatable bonds is 10. The van der Waals surface area contributed by atoms with Gasteiger partial charge in [-0.05, 0) is 37.2 Å². The van der Waals surface area contributed by atoms with Crippen molar-refractivity contribution in [3.8, 4) is 0 Å². The summed E-state index contributed by atoms with van der Waals surface area (Å²) in [6.45, 7) is 7.67. The Bertz CT molecular complexity index is 407. The zero-order chi connectivity index (χ0) is 15.7. The number of hydrogen-bond acceptors (Lipinski definition) is 4. The molecule has 1 N–H and O–H groups in total. The largest absolute Gasteiger partial charge is 0.383 e. The Morgan fingerprint density at radius 2 is 1.81 bits per heavy atom. The molecule has 1 atom stereocenters. The van der Waals surface area contributed by atoms with Crippen molar-refractivity contribution in [1.82, 2.24) is 5.32 Å². The minimum atomic E-state index is -0.211. The maximum absolute atomic E-state index is 13.6. The van der Waals surface area contributed by atoms with Gasteiger partial charge >= 0.3 is 0 Å². The van der Waals surface area contributed by atoms with Gasteiger partial charge in [-0.1, -0.05) is 6.92 Å². The third-order valence-electron chi connectivity index (χ3n) is 3.44. The Hall–Kier alpha value is -1.17. The number of anilines is 1. The summed E-state index contributed by atoms with van der Waals surface area (Å²) in [5, 5.41) is 3.34. The zero-order valence-corrected chi connectivity index (χ0v) is 13.5. The van der Waals surface area contributed by atoms with Gasteiger partial charge in [-0.25, -0.2) is 4.39 Å². The Labute approximate surface area is 127 Å². The van der Waals surface area contributed by atoms with Crippen molar-refractivity contribution >= 4 is 5.69 Å². The molecule has 4 nitrogen and oxygen atoms in total. The lowest BCUT2D eigenvalue weighted by Gasteiger charge is -2.29. The molecule has 0 heterocycles. The molecule has 0 bridgehead atoms. The van der Waals surface area contributed by atoms with E-state index >= 15 is 0 Å². The Morgan fingerprint density at radius 1 is 1.19 bits per heavy atom. The number of methoxy groups -OCH3 is 2. The van der Waals surface area contributed by atoms with Crippen LogP contribution in [-0.4, -0.2) is 47.1 Å². The van der Waals surface area contributed by atoms with Gasteiger partial charge < -0.3 is 19.7 Å². The van der Waals surface area contributed by atoms with Crippen molar-refractivity contribution in [3.05, 3.63) is 29.6 Å². The predicted molar refractivity (Wildman–Crippen MR) is 84.5 cm³/mol. The summed E-state index contributed by atoms with van der Waals surface area (Å²) in [4.78, 5) is 2.18. The SMILES string of the molecule is CCNC(C)c1cc(F)ccc1N(CCOC)CCOC. The monoisotopic (exact) mass is 298 g/mol. The van der Waals surface area contributed by atoms with Crippen molar-refractivity contribution in [2.45, 2.75) is 19.9 Å². The van der Waals surface area contributed by atoms with E-state index in [0.29, 0.717) is 13.2 Å². The third kappa shape index (κ3) is 5.61. The summed E-state index contributed by atoms with van der Waals surface area (Å²) in [5.41, 5.74) is 1.99. The van der Waals surface area contributed by atoms with E-state index in [9.17, 15) is 4.39 Å². The van der Waals surface area contributed by atoms with Crippen molar-refractivity contribution in [3.63, 3.8) is 0 Å². The van der Waals surface area contributed by atoms with Crippen molar-refractivity contribution in [1.29, 1.82) is 0 Å². The fourth-order valence-electron chi connectivity index (χ4n) is 2.33. The molecule has 1 rings (SSSR count). The Kier molecular flexibility index (Phi) is 8.27. The summed E-state index contributed by atoms with van der Waals surface area (Å²) in [7, 11) is 3.36. The van der Waals surface area contributed by atoms with Gasteiger partial charge in [-0.2, -0.15) is 0 Å². The predicted octanol–water partition coefficient (Wildman–Crippen LogP) is 2.60. The number of benzene rings is 1. The average Bonchev–Trinajstić information content (AvgIpc) is 2.48. The first-order valence-corrected chi connectivity index (χ1v) is 7.39. The van der Waals surface area contributed by atoms with Gasteiger partial charge in [0.05, 0.1) is 13.2 Å². The van der Waals surface area contributed by atoms with Gasteiger partial charge in [0, 0.05) is 39.0 Å². The van der Waals surface area contributed by atoms with Crippen LogP contribution in [0.4, 0.5) is 10.1 Å². The molecule has 120 valence electrons. The first-order valence-electron chi connectivity index (χ1n) is 7.39. The molecule has 1 aromatic carbocycles. The molecule has 0 amide bonds. The summed E-state index contributed by atoms with van der Waals surface area (Å²) in [6, 6.07) is 5.04. The van der Waals surface area contributed by atoms with Crippen LogP contribution in [0.1, 0.15) is 25.5 Å². The molecule has 0 aliphatic rings. The van der Waals surface area contributed by atoms with Crippen LogP contribution in [0.25, 0.3) is 0 Å². The van der Waals surface area contributed by atoms with Gasteiger partial charge in [0.1, 0.15) is 5.82 Å². The standard InChI is InChI=1S/C16H27FN2O2/c1-5-18-13(2)15-12-14(17)6-7-16(15)19(8-10-20-3)9-11-21-4/h6-7,12-13,18H,5,8-11H2,1-4H3. The summed E-state index contributed by atoms with van der Waals surface area (Å²) < 4.78 is 24.0. The summed E-state index contributed by atoms with van der Waals surface area (Å²) >= 11 is 0. The van der Waals surface area contributed by atoms with Crippen LogP contribution >= 0.6 is 0 Å². The highest BCUT2D eigenvalue weighted by Crippen LogP contribution is 2.27. The van der Waals surface area contributed by atoms with E-state index in [1.807, 2.05) is 19.9 Å². The molecule has 0 aliphatic heterocycles. The molecule has 0 aliphatic carbocycles. The number of nitrogens with zero attached hydrogens (tertiary/aromatic N) is 1. The first-order chi connectivity index (χ1) is 10.1. The molecular formula is C16H27FN2O2. The van der Waals surface area contributed by atoms with E-state index in [1.54, 1.807) is 20.3 Å². The normalized spacial score (nSPS) is 12.4. The van der Waals surface area contributed by atoms with Gasteiger partial charge in [0.2, 0.25) is 0 Å². The van der Waals surface area contributed by atoms with Gasteiger partial charge in [0.25, 0.3) is 0 Å². The smallest absolute Gasteiger partial charge is 0.123 e. The average molecular weight is 298 g/mol. The third-order valence-corrected chi connectivity index (χ3v) is 3.44. The van der Waals surface area contributed by atoms with Crippen molar-refractivity contribution in [2.75, 3.05) is 52.0 Å². The molecule has 21 heavy (non-hydrogen) atoms. The molecule has 5 heteroatoms. The highest BCUT2D eigenvalue weighted by atomic mass is 19.1. The van der Waals surface area contributed by atoms with Crippen LogP contribution in [0.5, 0.6) is 0 Å².